The fourth-order valence-corrected chi connectivity index (χ4v) is 3.27. The molecule has 0 fully saturated rings. The number of rotatable bonds is 7. The molecule has 4 heteroatoms. The van der Waals surface area contributed by atoms with Crippen LogP contribution in [0.25, 0.3) is 11.1 Å². The summed E-state index contributed by atoms with van der Waals surface area (Å²) in [5, 5.41) is 12.0. The van der Waals surface area contributed by atoms with Crippen LogP contribution in [-0.2, 0) is 0 Å². The maximum absolute atomic E-state index is 6.00. The van der Waals surface area contributed by atoms with Gasteiger partial charge < -0.3 is 9.47 Å². The van der Waals surface area contributed by atoms with E-state index < -0.39 is 0 Å². The van der Waals surface area contributed by atoms with Crippen LogP contribution in [0.2, 0.25) is 0 Å². The van der Waals surface area contributed by atoms with E-state index in [0.717, 1.165) is 34.1 Å². The molecule has 4 nitrogen and oxygen atoms in total. The van der Waals surface area contributed by atoms with Gasteiger partial charge in [0.25, 0.3) is 0 Å². The molecule has 0 radical (unpaired) electrons. The van der Waals surface area contributed by atoms with Gasteiger partial charge in [0.05, 0.1) is 0 Å². The molecule has 0 heterocycles. The summed E-state index contributed by atoms with van der Waals surface area (Å²) < 4.78 is 11.8. The molecule has 0 bridgehead atoms. The standard InChI is InChI=1S/C26H22O2.C5H12.H2O2/c1-19-3-11-23(12-4-19)27-25-15-7-21(8-16-25)22-9-17-26(18-10-22)28-24-13-5-20(2)6-14-24;1-3-5-4-2;1-2/h3-18H,1-2H3;3-5H2,1-2H3;1-2H. The minimum Gasteiger partial charge on any atom is -0.457 e. The molecule has 0 aliphatic carbocycles. The van der Waals surface area contributed by atoms with Gasteiger partial charge in [-0.3, -0.25) is 10.5 Å². The average molecular weight is 473 g/mol. The number of unbranched alkanes of at least 4 members (excludes halogenated alkanes) is 2. The van der Waals surface area contributed by atoms with Gasteiger partial charge in [-0.25, -0.2) is 0 Å². The Labute approximate surface area is 209 Å². The van der Waals surface area contributed by atoms with Gasteiger partial charge in [-0.05, 0) is 73.5 Å². The Morgan fingerprint density at radius 3 is 0.943 bits per heavy atom. The summed E-state index contributed by atoms with van der Waals surface area (Å²) in [4.78, 5) is 0. The van der Waals surface area contributed by atoms with Crippen LogP contribution < -0.4 is 9.47 Å². The summed E-state index contributed by atoms with van der Waals surface area (Å²) in [5.74, 6) is 3.34. The van der Waals surface area contributed by atoms with Crippen molar-refractivity contribution in [2.45, 2.75) is 47.0 Å². The van der Waals surface area contributed by atoms with Crippen molar-refractivity contribution in [2.75, 3.05) is 0 Å². The van der Waals surface area contributed by atoms with Gasteiger partial charge >= 0.3 is 0 Å². The Morgan fingerprint density at radius 2 is 0.714 bits per heavy atom. The Morgan fingerprint density at radius 1 is 0.457 bits per heavy atom. The Hall–Kier alpha value is -3.60. The lowest BCUT2D eigenvalue weighted by atomic mass is 10.1. The Kier molecular flexibility index (Phi) is 12.1. The first-order chi connectivity index (χ1) is 17.1. The van der Waals surface area contributed by atoms with Crippen LogP contribution in [0.3, 0.4) is 0 Å². The van der Waals surface area contributed by atoms with Crippen LogP contribution in [0.5, 0.6) is 23.0 Å². The molecule has 0 amide bonds. The summed E-state index contributed by atoms with van der Waals surface area (Å²) in [7, 11) is 0. The van der Waals surface area contributed by atoms with Crippen LogP contribution in [0.4, 0.5) is 0 Å². The highest BCUT2D eigenvalue weighted by atomic mass is 17.0. The molecule has 0 aliphatic rings. The van der Waals surface area contributed by atoms with E-state index in [4.69, 9.17) is 20.0 Å². The minimum absolute atomic E-state index is 0.826. The number of hydrogen-bond acceptors (Lipinski definition) is 4. The zero-order chi connectivity index (χ0) is 25.5. The highest BCUT2D eigenvalue weighted by Crippen LogP contribution is 2.28. The first-order valence-corrected chi connectivity index (χ1v) is 12.0. The highest BCUT2D eigenvalue weighted by Gasteiger charge is 2.02. The average Bonchev–Trinajstić information content (AvgIpc) is 2.90. The first-order valence-electron chi connectivity index (χ1n) is 12.0. The number of hydrogen-bond donors (Lipinski definition) is 2. The van der Waals surface area contributed by atoms with E-state index >= 15 is 0 Å². The summed E-state index contributed by atoms with van der Waals surface area (Å²) in [6.07, 6.45) is 4.08. The van der Waals surface area contributed by atoms with E-state index in [2.05, 4.69) is 52.0 Å². The fraction of sp³-hybridized carbons (Fsp3) is 0.226. The van der Waals surface area contributed by atoms with Gasteiger partial charge in [0.15, 0.2) is 0 Å². The lowest BCUT2D eigenvalue weighted by Crippen LogP contribution is -1.86. The van der Waals surface area contributed by atoms with Gasteiger partial charge in [0.1, 0.15) is 23.0 Å². The summed E-state index contributed by atoms with van der Waals surface area (Å²) in [6, 6.07) is 32.4. The Balaban J connectivity index is 0.000000551. The molecule has 35 heavy (non-hydrogen) atoms. The van der Waals surface area contributed by atoms with Crippen LogP contribution >= 0.6 is 0 Å². The fourth-order valence-electron chi connectivity index (χ4n) is 3.27. The quantitative estimate of drug-likeness (QED) is 0.207. The second-order valence-electron chi connectivity index (χ2n) is 8.23. The number of ether oxygens (including phenoxy) is 2. The molecule has 2 N–H and O–H groups in total. The van der Waals surface area contributed by atoms with Gasteiger partial charge in [0.2, 0.25) is 0 Å². The molecule has 0 aromatic heterocycles. The third kappa shape index (κ3) is 9.65. The van der Waals surface area contributed by atoms with Crippen molar-refractivity contribution in [2.24, 2.45) is 0 Å². The molecular weight excluding hydrogens is 436 g/mol. The van der Waals surface area contributed by atoms with E-state index in [1.807, 2.05) is 72.8 Å². The molecule has 4 rings (SSSR count). The predicted molar refractivity (Wildman–Crippen MR) is 145 cm³/mol. The first kappa shape index (κ1) is 27.6. The van der Waals surface area contributed by atoms with Crippen LogP contribution in [0, 0.1) is 13.8 Å². The van der Waals surface area contributed by atoms with Gasteiger partial charge in [-0.15, -0.1) is 0 Å². The van der Waals surface area contributed by atoms with Gasteiger partial charge in [-0.2, -0.15) is 0 Å². The smallest absolute Gasteiger partial charge is 0.127 e. The van der Waals surface area contributed by atoms with Crippen molar-refractivity contribution in [1.29, 1.82) is 0 Å². The maximum Gasteiger partial charge on any atom is 0.127 e. The van der Waals surface area contributed by atoms with Crippen molar-refractivity contribution in [3.63, 3.8) is 0 Å². The molecule has 0 saturated heterocycles. The van der Waals surface area contributed by atoms with E-state index in [1.165, 1.54) is 30.4 Å². The zero-order valence-electron chi connectivity index (χ0n) is 21.1. The molecule has 0 saturated carbocycles. The molecule has 0 spiro atoms. The minimum atomic E-state index is 0.826. The van der Waals surface area contributed by atoms with E-state index in [1.54, 1.807) is 0 Å². The summed E-state index contributed by atoms with van der Waals surface area (Å²) >= 11 is 0. The van der Waals surface area contributed by atoms with Crippen molar-refractivity contribution in [1.82, 2.24) is 0 Å². The van der Waals surface area contributed by atoms with Crippen molar-refractivity contribution < 1.29 is 20.0 Å². The molecule has 0 atom stereocenters. The second-order valence-corrected chi connectivity index (χ2v) is 8.23. The van der Waals surface area contributed by atoms with Crippen LogP contribution in [0.15, 0.2) is 97.1 Å². The lowest BCUT2D eigenvalue weighted by molar-refractivity contribution is -0.176. The third-order valence-corrected chi connectivity index (χ3v) is 5.26. The highest BCUT2D eigenvalue weighted by molar-refractivity contribution is 5.65. The summed E-state index contributed by atoms with van der Waals surface area (Å²) in [5.41, 5.74) is 4.71. The predicted octanol–water partition coefficient (Wildman–Crippen LogP) is 9.77. The molecular formula is C31H36O4. The largest absolute Gasteiger partial charge is 0.457 e. The monoisotopic (exact) mass is 472 g/mol. The number of benzene rings is 4. The molecule has 0 unspecified atom stereocenters. The lowest BCUT2D eigenvalue weighted by Gasteiger charge is -2.09. The Bertz CT molecular complexity index is 994. The molecule has 184 valence electrons. The van der Waals surface area contributed by atoms with E-state index in [0.29, 0.717) is 0 Å². The zero-order valence-corrected chi connectivity index (χ0v) is 21.1. The van der Waals surface area contributed by atoms with Crippen molar-refractivity contribution in [3.8, 4) is 34.1 Å². The maximum atomic E-state index is 6.00. The van der Waals surface area contributed by atoms with Gasteiger partial charge in [-0.1, -0.05) is 92.8 Å². The number of aryl methyl sites for hydroxylation is 2. The summed E-state index contributed by atoms with van der Waals surface area (Å²) in [6.45, 7) is 8.55. The van der Waals surface area contributed by atoms with Crippen molar-refractivity contribution >= 4 is 0 Å². The van der Waals surface area contributed by atoms with E-state index in [-0.39, 0.29) is 0 Å². The van der Waals surface area contributed by atoms with Gasteiger partial charge in [0, 0.05) is 0 Å². The van der Waals surface area contributed by atoms with Crippen LogP contribution in [0.1, 0.15) is 44.2 Å². The second kappa shape index (κ2) is 15.3. The van der Waals surface area contributed by atoms with E-state index in [9.17, 15) is 0 Å². The SMILES string of the molecule is CCCCC.Cc1ccc(Oc2ccc(-c3ccc(Oc4ccc(C)cc4)cc3)cc2)cc1.OO. The third-order valence-electron chi connectivity index (χ3n) is 5.26. The molecule has 4 aromatic carbocycles. The van der Waals surface area contributed by atoms with Crippen molar-refractivity contribution in [3.05, 3.63) is 108 Å². The molecule has 4 aromatic rings. The molecule has 0 aliphatic heterocycles. The topological polar surface area (TPSA) is 58.9 Å². The van der Waals surface area contributed by atoms with Crippen LogP contribution in [-0.4, -0.2) is 10.5 Å². The normalized spacial score (nSPS) is 9.77.